The third kappa shape index (κ3) is 1.89. The van der Waals surface area contributed by atoms with Gasteiger partial charge in [0.25, 0.3) is 0 Å². The fraction of sp³-hybridized carbons (Fsp3) is 0. The van der Waals surface area contributed by atoms with Crippen LogP contribution in [0.3, 0.4) is 0 Å². The van der Waals surface area contributed by atoms with Crippen molar-refractivity contribution in [1.29, 1.82) is 0 Å². The van der Waals surface area contributed by atoms with E-state index in [2.05, 4.69) is 36.4 Å². The van der Waals surface area contributed by atoms with Crippen LogP contribution in [0.25, 0.3) is 0 Å². The molecule has 5 heteroatoms. The number of fused-ring (bicyclic) bond motifs is 2. The molecule has 0 N–H and O–H groups in total. The molecule has 0 aromatic heterocycles. The molecular weight excluding hydrogens is 343 g/mol. The Morgan fingerprint density at radius 2 is 1.04 bits per heavy atom. The van der Waals surface area contributed by atoms with Gasteiger partial charge in [0.05, 0.1) is 0 Å². The molecule has 2 aliphatic heterocycles. The van der Waals surface area contributed by atoms with Crippen LogP contribution in [-0.4, -0.2) is 0 Å². The molecule has 0 atom stereocenters. The van der Waals surface area contributed by atoms with E-state index in [-0.39, 0.29) is 0 Å². The first-order chi connectivity index (χ1) is 11.3. The molecule has 2 nitrogen and oxygen atoms in total. The Morgan fingerprint density at radius 3 is 1.57 bits per heavy atom. The topological polar surface area (TPSA) is 18.5 Å². The average molecular weight is 356 g/mol. The monoisotopic (exact) mass is 356 g/mol. The summed E-state index contributed by atoms with van der Waals surface area (Å²) in [5, 5.41) is 1.13. The summed E-state index contributed by atoms with van der Waals surface area (Å²) in [4.78, 5) is 2.30. The van der Waals surface area contributed by atoms with E-state index in [4.69, 9.17) is 9.05 Å². The van der Waals surface area contributed by atoms with Gasteiger partial charge in [0, 0.05) is 0 Å². The molecule has 3 aromatic carbocycles. The van der Waals surface area contributed by atoms with Crippen LogP contribution in [0.15, 0.2) is 88.7 Å². The second-order valence-electron chi connectivity index (χ2n) is 5.41. The van der Waals surface area contributed by atoms with E-state index in [1.807, 2.05) is 42.5 Å². The van der Waals surface area contributed by atoms with Gasteiger partial charge in [-0.05, 0) is 0 Å². The van der Waals surface area contributed by atoms with Crippen LogP contribution in [0, 0.1) is 0 Å². The Balaban J connectivity index is 1.75. The van der Waals surface area contributed by atoms with Crippen LogP contribution in [0.1, 0.15) is 0 Å². The van der Waals surface area contributed by atoms with Crippen LogP contribution in [0.4, 0.5) is 0 Å². The fourth-order valence-electron chi connectivity index (χ4n) is 2.87. The maximum atomic E-state index is 6.65. The minimum absolute atomic E-state index is 0.916. The molecule has 3 aromatic rings. The van der Waals surface area contributed by atoms with Crippen LogP contribution < -0.4 is 14.4 Å². The summed E-state index contributed by atoms with van der Waals surface area (Å²) in [5.74, 6) is 1.83. The zero-order valence-corrected chi connectivity index (χ0v) is 14.6. The first kappa shape index (κ1) is 13.8. The van der Waals surface area contributed by atoms with Crippen LogP contribution in [-0.2, 0) is 0 Å². The van der Waals surface area contributed by atoms with Gasteiger partial charge >= 0.3 is 143 Å². The van der Waals surface area contributed by atoms with E-state index >= 15 is 0 Å². The van der Waals surface area contributed by atoms with E-state index in [1.54, 1.807) is 22.8 Å². The zero-order chi connectivity index (χ0) is 15.4. The first-order valence-corrected chi connectivity index (χ1v) is 12.3. The predicted octanol–water partition coefficient (Wildman–Crippen LogP) is 5.89. The average Bonchev–Trinajstić information content (AvgIpc) is 3.11. The molecule has 0 saturated heterocycles. The van der Waals surface area contributed by atoms with E-state index in [9.17, 15) is 0 Å². The molecule has 0 radical (unpaired) electrons. The van der Waals surface area contributed by atoms with Crippen molar-refractivity contribution < 1.29 is 9.05 Å². The van der Waals surface area contributed by atoms with Gasteiger partial charge in [0.15, 0.2) is 0 Å². The van der Waals surface area contributed by atoms with Gasteiger partial charge in [-0.3, -0.25) is 0 Å². The van der Waals surface area contributed by atoms with Gasteiger partial charge in [-0.25, -0.2) is 0 Å². The number of hydrogen-bond acceptors (Lipinski definition) is 4. The molecule has 0 aliphatic carbocycles. The molecule has 0 amide bonds. The molecular formula is C18H13O2PS2. The fourth-order valence-corrected chi connectivity index (χ4v) is 14.3. The van der Waals surface area contributed by atoms with Gasteiger partial charge in [0.1, 0.15) is 0 Å². The van der Waals surface area contributed by atoms with Crippen LogP contribution >= 0.6 is 28.2 Å². The second-order valence-corrected chi connectivity index (χ2v) is 14.9. The molecule has 0 saturated carbocycles. The summed E-state index contributed by atoms with van der Waals surface area (Å²) in [6, 6.07) is 26.8. The number of rotatable bonds is 1. The number of para-hydroxylation sites is 2. The van der Waals surface area contributed by atoms with Crippen molar-refractivity contribution in [2.75, 3.05) is 0 Å². The molecule has 0 fully saturated rings. The molecule has 5 rings (SSSR count). The minimum atomic E-state index is -3.17. The molecule has 2 heterocycles. The molecule has 2 aliphatic rings. The Morgan fingerprint density at radius 1 is 0.565 bits per heavy atom. The predicted molar refractivity (Wildman–Crippen MR) is 98.9 cm³/mol. The summed E-state index contributed by atoms with van der Waals surface area (Å²) in [6.45, 7) is 0. The van der Waals surface area contributed by atoms with Crippen molar-refractivity contribution in [3.05, 3.63) is 78.9 Å². The zero-order valence-electron chi connectivity index (χ0n) is 12.1. The first-order valence-electron chi connectivity index (χ1n) is 7.34. The number of hydrogen-bond donors (Lipinski definition) is 0. The third-order valence-corrected chi connectivity index (χ3v) is 14.3. The van der Waals surface area contributed by atoms with Crippen molar-refractivity contribution in [2.24, 2.45) is 0 Å². The molecule has 0 bridgehead atoms. The maximum absolute atomic E-state index is 6.65. The second kappa shape index (κ2) is 4.70. The van der Waals surface area contributed by atoms with Gasteiger partial charge in [0.2, 0.25) is 0 Å². The standard InChI is InChI=1S/C18H13O2PS2/c1-2-8-14(9-3-1)21(19-15-10-4-6-12-17(15)22-21)20-16-11-5-7-13-18(16)23-21/h1-13H. The quantitative estimate of drug-likeness (QED) is 0.506. The van der Waals surface area contributed by atoms with E-state index in [0.29, 0.717) is 0 Å². The Kier molecular flexibility index (Phi) is 2.82. The van der Waals surface area contributed by atoms with Crippen molar-refractivity contribution in [2.45, 2.75) is 9.79 Å². The van der Waals surface area contributed by atoms with Crippen molar-refractivity contribution >= 4 is 33.5 Å². The van der Waals surface area contributed by atoms with Crippen molar-refractivity contribution in [1.82, 2.24) is 0 Å². The summed E-state index contributed by atoms with van der Waals surface area (Å²) < 4.78 is 13.3. The van der Waals surface area contributed by atoms with Gasteiger partial charge in [-0.2, -0.15) is 0 Å². The Labute approximate surface area is 142 Å². The van der Waals surface area contributed by atoms with E-state index < -0.39 is 5.46 Å². The Bertz CT molecular complexity index is 801. The van der Waals surface area contributed by atoms with Gasteiger partial charge < -0.3 is 0 Å². The van der Waals surface area contributed by atoms with Crippen LogP contribution in [0.5, 0.6) is 11.5 Å². The summed E-state index contributed by atoms with van der Waals surface area (Å²) in [7, 11) is 0. The van der Waals surface area contributed by atoms with E-state index in [1.165, 1.54) is 0 Å². The van der Waals surface area contributed by atoms with Gasteiger partial charge in [-0.15, -0.1) is 0 Å². The normalized spacial score (nSPS) is 20.6. The van der Waals surface area contributed by atoms with Gasteiger partial charge in [-0.1, -0.05) is 0 Å². The Hall–Kier alpha value is -1.61. The molecule has 114 valence electrons. The molecule has 0 unspecified atom stereocenters. The summed E-state index contributed by atoms with van der Waals surface area (Å²) >= 11 is 3.50. The summed E-state index contributed by atoms with van der Waals surface area (Å²) in [6.07, 6.45) is 0. The summed E-state index contributed by atoms with van der Waals surface area (Å²) in [5.41, 5.74) is -3.17. The van der Waals surface area contributed by atoms with Crippen molar-refractivity contribution in [3.63, 3.8) is 0 Å². The number of benzene rings is 3. The third-order valence-electron chi connectivity index (χ3n) is 3.90. The SMILES string of the molecule is c1ccc(P23(Oc4ccccc4S2)Oc2ccccc2S3)cc1. The van der Waals surface area contributed by atoms with Crippen LogP contribution in [0.2, 0.25) is 0 Å². The van der Waals surface area contributed by atoms with Crippen molar-refractivity contribution in [3.8, 4) is 11.5 Å². The van der Waals surface area contributed by atoms with E-state index in [0.717, 1.165) is 26.6 Å². The molecule has 1 spiro atoms. The molecule has 23 heavy (non-hydrogen) atoms.